The highest BCUT2D eigenvalue weighted by Gasteiger charge is 2.15. The summed E-state index contributed by atoms with van der Waals surface area (Å²) < 4.78 is 6.38. The van der Waals surface area contributed by atoms with Gasteiger partial charge in [-0.1, -0.05) is 12.1 Å². The van der Waals surface area contributed by atoms with Crippen LogP contribution in [-0.4, -0.2) is 15.1 Å². The maximum Gasteiger partial charge on any atom is 0.229 e. The van der Waals surface area contributed by atoms with Crippen LogP contribution in [0.3, 0.4) is 0 Å². The molecule has 0 fully saturated rings. The van der Waals surface area contributed by atoms with Gasteiger partial charge in [0.25, 0.3) is 0 Å². The monoisotopic (exact) mass is 284 g/mol. The average Bonchev–Trinajstić information content (AvgIpc) is 3.12. The lowest BCUT2D eigenvalue weighted by molar-refractivity contribution is 0.355. The maximum atomic E-state index is 8.60. The molecule has 100 valence electrons. The van der Waals surface area contributed by atoms with Gasteiger partial charge >= 0.3 is 0 Å². The molecule has 0 aliphatic carbocycles. The maximum absolute atomic E-state index is 8.60. The van der Waals surface area contributed by atoms with Gasteiger partial charge in [-0.25, -0.2) is 0 Å². The third-order valence-corrected chi connectivity index (χ3v) is 3.97. The molecular formula is C14H12N4OS. The van der Waals surface area contributed by atoms with Crippen molar-refractivity contribution in [2.75, 3.05) is 0 Å². The molecule has 6 heteroatoms. The fourth-order valence-corrected chi connectivity index (χ4v) is 2.71. The van der Waals surface area contributed by atoms with Crippen molar-refractivity contribution in [2.24, 2.45) is 0 Å². The molecule has 1 unspecified atom stereocenters. The molecule has 0 aliphatic rings. The summed E-state index contributed by atoms with van der Waals surface area (Å²) in [6, 6.07) is 6.12. The van der Waals surface area contributed by atoms with Gasteiger partial charge < -0.3 is 4.52 Å². The van der Waals surface area contributed by atoms with Crippen molar-refractivity contribution in [3.8, 4) is 17.5 Å². The van der Waals surface area contributed by atoms with Gasteiger partial charge in [-0.2, -0.15) is 10.2 Å². The number of pyridine rings is 1. The quantitative estimate of drug-likeness (QED) is 0.729. The zero-order chi connectivity index (χ0) is 13.9. The first kappa shape index (κ1) is 12.8. The molecule has 0 aliphatic heterocycles. The Bertz CT molecular complexity index is 771. The molecule has 0 radical (unpaired) electrons. The Kier molecular flexibility index (Phi) is 3.44. The van der Waals surface area contributed by atoms with Crippen LogP contribution < -0.4 is 0 Å². The van der Waals surface area contributed by atoms with Crippen molar-refractivity contribution in [2.45, 2.75) is 25.7 Å². The van der Waals surface area contributed by atoms with Crippen molar-refractivity contribution in [1.82, 2.24) is 15.1 Å². The molecule has 0 saturated carbocycles. The SMILES string of the molecule is CC(CCC#N)c1nc(-c2cnc3ccsc3c2)no1. The topological polar surface area (TPSA) is 75.6 Å². The molecule has 0 N–H and O–H groups in total. The number of hydrogen-bond acceptors (Lipinski definition) is 6. The van der Waals surface area contributed by atoms with Crippen molar-refractivity contribution >= 4 is 21.6 Å². The van der Waals surface area contributed by atoms with Crippen molar-refractivity contribution < 1.29 is 4.52 Å². The third-order valence-electron chi connectivity index (χ3n) is 3.11. The molecule has 3 aromatic rings. The molecule has 0 saturated heterocycles. The van der Waals surface area contributed by atoms with Crippen LogP contribution in [0.1, 0.15) is 31.6 Å². The van der Waals surface area contributed by atoms with Crippen LogP contribution in [0.25, 0.3) is 21.6 Å². The van der Waals surface area contributed by atoms with E-state index in [1.165, 1.54) is 0 Å². The molecule has 3 aromatic heterocycles. The molecule has 0 amide bonds. The number of thiophene rings is 1. The van der Waals surface area contributed by atoms with E-state index in [9.17, 15) is 0 Å². The minimum absolute atomic E-state index is 0.0920. The summed E-state index contributed by atoms with van der Waals surface area (Å²) >= 11 is 1.64. The summed E-state index contributed by atoms with van der Waals surface area (Å²) in [7, 11) is 0. The van der Waals surface area contributed by atoms with E-state index < -0.39 is 0 Å². The normalized spacial score (nSPS) is 12.4. The van der Waals surface area contributed by atoms with E-state index in [1.54, 1.807) is 17.5 Å². The van der Waals surface area contributed by atoms with Gasteiger partial charge in [0.2, 0.25) is 11.7 Å². The van der Waals surface area contributed by atoms with Gasteiger partial charge in [-0.15, -0.1) is 11.3 Å². The Morgan fingerprint density at radius 3 is 3.25 bits per heavy atom. The predicted octanol–water partition coefficient (Wildman–Crippen LogP) is 3.75. The summed E-state index contributed by atoms with van der Waals surface area (Å²) in [6.07, 6.45) is 2.96. The zero-order valence-electron chi connectivity index (χ0n) is 10.9. The molecule has 1 atom stereocenters. The third kappa shape index (κ3) is 2.40. The highest BCUT2D eigenvalue weighted by atomic mass is 32.1. The highest BCUT2D eigenvalue weighted by molar-refractivity contribution is 7.17. The molecule has 0 aromatic carbocycles. The molecule has 20 heavy (non-hydrogen) atoms. The van der Waals surface area contributed by atoms with Gasteiger partial charge in [-0.3, -0.25) is 4.98 Å². The Hall–Kier alpha value is -2.26. The average molecular weight is 284 g/mol. The molecule has 0 spiro atoms. The van der Waals surface area contributed by atoms with Crippen LogP contribution in [0, 0.1) is 11.3 Å². The second kappa shape index (κ2) is 5.39. The van der Waals surface area contributed by atoms with Crippen LogP contribution in [-0.2, 0) is 0 Å². The smallest absolute Gasteiger partial charge is 0.229 e. The first-order valence-corrected chi connectivity index (χ1v) is 7.20. The lowest BCUT2D eigenvalue weighted by atomic mass is 10.1. The molecule has 3 rings (SSSR count). The zero-order valence-corrected chi connectivity index (χ0v) is 11.7. The van der Waals surface area contributed by atoms with E-state index in [-0.39, 0.29) is 5.92 Å². The number of nitriles is 1. The lowest BCUT2D eigenvalue weighted by Gasteiger charge is -2.00. The minimum atomic E-state index is 0.0920. The van der Waals surface area contributed by atoms with Gasteiger partial charge in [-0.05, 0) is 23.9 Å². The van der Waals surface area contributed by atoms with Crippen molar-refractivity contribution in [1.29, 1.82) is 5.26 Å². The van der Waals surface area contributed by atoms with E-state index in [0.717, 1.165) is 22.2 Å². The number of rotatable bonds is 4. The lowest BCUT2D eigenvalue weighted by Crippen LogP contribution is -1.93. The fourth-order valence-electron chi connectivity index (χ4n) is 1.93. The summed E-state index contributed by atoms with van der Waals surface area (Å²) in [6.45, 7) is 1.98. The predicted molar refractivity (Wildman–Crippen MR) is 76.2 cm³/mol. The Labute approximate surface area is 119 Å². The van der Waals surface area contributed by atoms with E-state index in [4.69, 9.17) is 9.78 Å². The standard InChI is InChI=1S/C14H12N4OS/c1-9(3-2-5-15)14-17-13(18-19-14)10-7-12-11(16-8-10)4-6-20-12/h4,6-9H,2-3H2,1H3. The molecular weight excluding hydrogens is 272 g/mol. The van der Waals surface area contributed by atoms with Gasteiger partial charge in [0, 0.05) is 24.1 Å². The van der Waals surface area contributed by atoms with Gasteiger partial charge in [0.1, 0.15) is 0 Å². The highest BCUT2D eigenvalue weighted by Crippen LogP contribution is 2.26. The number of hydrogen-bond donors (Lipinski definition) is 0. The summed E-state index contributed by atoms with van der Waals surface area (Å²) in [5.74, 6) is 1.21. The van der Waals surface area contributed by atoms with E-state index in [1.807, 2.05) is 24.4 Å². The number of nitrogens with zero attached hydrogens (tertiary/aromatic N) is 4. The fraction of sp³-hybridized carbons (Fsp3) is 0.286. The van der Waals surface area contributed by atoms with Gasteiger partial charge in [0.15, 0.2) is 0 Å². The van der Waals surface area contributed by atoms with E-state index in [0.29, 0.717) is 18.1 Å². The summed E-state index contributed by atoms with van der Waals surface area (Å²) in [5.41, 5.74) is 1.83. The van der Waals surface area contributed by atoms with Crippen molar-refractivity contribution in [3.63, 3.8) is 0 Å². The van der Waals surface area contributed by atoms with E-state index in [2.05, 4.69) is 21.2 Å². The Morgan fingerprint density at radius 1 is 1.50 bits per heavy atom. The van der Waals surface area contributed by atoms with Crippen LogP contribution in [0.4, 0.5) is 0 Å². The Balaban J connectivity index is 1.87. The van der Waals surface area contributed by atoms with E-state index >= 15 is 0 Å². The van der Waals surface area contributed by atoms with Crippen LogP contribution >= 0.6 is 11.3 Å². The van der Waals surface area contributed by atoms with Crippen LogP contribution in [0.15, 0.2) is 28.2 Å². The summed E-state index contributed by atoms with van der Waals surface area (Å²) in [5, 5.41) is 14.6. The summed E-state index contributed by atoms with van der Waals surface area (Å²) in [4.78, 5) is 8.77. The first-order chi connectivity index (χ1) is 9.78. The molecule has 0 bridgehead atoms. The van der Waals surface area contributed by atoms with Crippen LogP contribution in [0.2, 0.25) is 0 Å². The number of fused-ring (bicyclic) bond motifs is 1. The molecule has 5 nitrogen and oxygen atoms in total. The molecule has 3 heterocycles. The number of aromatic nitrogens is 3. The van der Waals surface area contributed by atoms with Gasteiger partial charge in [0.05, 0.1) is 16.3 Å². The van der Waals surface area contributed by atoms with Crippen molar-refractivity contribution in [3.05, 3.63) is 29.6 Å². The first-order valence-electron chi connectivity index (χ1n) is 6.32. The second-order valence-electron chi connectivity index (χ2n) is 4.58. The van der Waals surface area contributed by atoms with Crippen LogP contribution in [0.5, 0.6) is 0 Å². The second-order valence-corrected chi connectivity index (χ2v) is 5.53. The Morgan fingerprint density at radius 2 is 2.40 bits per heavy atom. The largest absolute Gasteiger partial charge is 0.339 e. The minimum Gasteiger partial charge on any atom is -0.339 e.